The zero-order chi connectivity index (χ0) is 19.9. The molecule has 1 saturated carbocycles. The van der Waals surface area contributed by atoms with Gasteiger partial charge >= 0.3 is 0 Å². The van der Waals surface area contributed by atoms with Crippen LogP contribution in [0.3, 0.4) is 0 Å². The summed E-state index contributed by atoms with van der Waals surface area (Å²) in [6.07, 6.45) is 7.59. The standard InChI is InChI=1S/C26H29N2/c1-18-12-19(2)20(3)24(13-18)25-15-23-14-21(8-9-22(23)17-28(25)5)16-26(27-4)10-6-7-11-26/h8-9,12-15,17H,6-7,10-11,16H2,1-3,5H3/q+1. The van der Waals surface area contributed by atoms with Gasteiger partial charge in [0.1, 0.15) is 7.05 Å². The van der Waals surface area contributed by atoms with Crippen molar-refractivity contribution in [3.8, 4) is 11.3 Å². The van der Waals surface area contributed by atoms with Gasteiger partial charge in [0, 0.05) is 29.9 Å². The second-order valence-corrected chi connectivity index (χ2v) is 8.71. The molecular formula is C26H29N2+. The number of rotatable bonds is 3. The van der Waals surface area contributed by atoms with Crippen LogP contribution in [0.15, 0.2) is 42.6 Å². The minimum atomic E-state index is -0.166. The third-order valence-electron chi connectivity index (χ3n) is 6.55. The molecule has 2 aromatic carbocycles. The Morgan fingerprint density at radius 2 is 1.75 bits per heavy atom. The number of fused-ring (bicyclic) bond motifs is 1. The van der Waals surface area contributed by atoms with E-state index >= 15 is 0 Å². The molecule has 0 amide bonds. The highest BCUT2D eigenvalue weighted by Gasteiger charge is 2.40. The molecule has 3 aromatic rings. The van der Waals surface area contributed by atoms with E-state index in [9.17, 15) is 0 Å². The molecule has 0 bridgehead atoms. The molecule has 0 atom stereocenters. The quantitative estimate of drug-likeness (QED) is 0.393. The molecule has 1 aliphatic carbocycles. The Kier molecular flexibility index (Phi) is 4.71. The van der Waals surface area contributed by atoms with E-state index in [1.807, 2.05) is 0 Å². The average molecular weight is 370 g/mol. The molecule has 2 heteroatoms. The van der Waals surface area contributed by atoms with Gasteiger partial charge in [0.25, 0.3) is 0 Å². The highest BCUT2D eigenvalue weighted by atomic mass is 14.9. The van der Waals surface area contributed by atoms with Crippen molar-refractivity contribution in [2.24, 2.45) is 7.05 Å². The Bertz CT molecular complexity index is 1100. The summed E-state index contributed by atoms with van der Waals surface area (Å²) in [6, 6.07) is 13.6. The van der Waals surface area contributed by atoms with Crippen molar-refractivity contribution in [3.63, 3.8) is 0 Å². The Labute approximate surface area is 168 Å². The molecule has 2 nitrogen and oxygen atoms in total. The number of aryl methyl sites for hydroxylation is 3. The third-order valence-corrected chi connectivity index (χ3v) is 6.55. The fourth-order valence-corrected chi connectivity index (χ4v) is 4.82. The fraction of sp³-hybridized carbons (Fsp3) is 0.385. The van der Waals surface area contributed by atoms with Gasteiger partial charge in [-0.05, 0) is 67.8 Å². The summed E-state index contributed by atoms with van der Waals surface area (Å²) in [5.74, 6) is 0. The van der Waals surface area contributed by atoms with Crippen molar-refractivity contribution in [1.82, 2.24) is 0 Å². The molecule has 0 N–H and O–H groups in total. The van der Waals surface area contributed by atoms with Crippen molar-refractivity contribution in [2.75, 3.05) is 0 Å². The van der Waals surface area contributed by atoms with Gasteiger partial charge in [0.05, 0.1) is 6.42 Å². The van der Waals surface area contributed by atoms with E-state index < -0.39 is 0 Å². The van der Waals surface area contributed by atoms with Crippen LogP contribution in [0.4, 0.5) is 0 Å². The summed E-state index contributed by atoms with van der Waals surface area (Å²) in [4.78, 5) is 4.05. The molecule has 1 heterocycles. The lowest BCUT2D eigenvalue weighted by atomic mass is 9.89. The highest BCUT2D eigenvalue weighted by Crippen LogP contribution is 2.37. The van der Waals surface area contributed by atoms with Crippen LogP contribution in [0.1, 0.15) is 47.9 Å². The first-order chi connectivity index (χ1) is 13.4. The van der Waals surface area contributed by atoms with Crippen LogP contribution in [0.25, 0.3) is 26.9 Å². The van der Waals surface area contributed by atoms with Crippen molar-refractivity contribution >= 4 is 10.8 Å². The first kappa shape index (κ1) is 18.7. The van der Waals surface area contributed by atoms with E-state index in [-0.39, 0.29) is 5.54 Å². The Morgan fingerprint density at radius 1 is 1.00 bits per heavy atom. The van der Waals surface area contributed by atoms with E-state index in [0.717, 1.165) is 19.3 Å². The van der Waals surface area contributed by atoms with Crippen molar-refractivity contribution in [1.29, 1.82) is 0 Å². The van der Waals surface area contributed by atoms with Crippen molar-refractivity contribution < 1.29 is 4.57 Å². The lowest BCUT2D eigenvalue weighted by Crippen LogP contribution is -2.30. The number of nitrogens with zero attached hydrogens (tertiary/aromatic N) is 2. The van der Waals surface area contributed by atoms with E-state index in [4.69, 9.17) is 6.57 Å². The maximum atomic E-state index is 7.72. The van der Waals surface area contributed by atoms with Crippen LogP contribution in [-0.2, 0) is 13.5 Å². The number of pyridine rings is 1. The van der Waals surface area contributed by atoms with Gasteiger partial charge < -0.3 is 4.85 Å². The van der Waals surface area contributed by atoms with Gasteiger partial charge in [-0.2, -0.15) is 0 Å². The summed E-state index contributed by atoms with van der Waals surface area (Å²) < 4.78 is 2.24. The van der Waals surface area contributed by atoms with Crippen LogP contribution in [0.2, 0.25) is 0 Å². The molecular weight excluding hydrogens is 340 g/mol. The zero-order valence-electron chi connectivity index (χ0n) is 17.5. The Balaban J connectivity index is 1.80. The molecule has 0 unspecified atom stereocenters. The number of hydrogen-bond acceptors (Lipinski definition) is 0. The molecule has 28 heavy (non-hydrogen) atoms. The lowest BCUT2D eigenvalue weighted by molar-refractivity contribution is -0.659. The van der Waals surface area contributed by atoms with E-state index in [0.29, 0.717) is 0 Å². The number of aromatic nitrogens is 1. The molecule has 1 aliphatic rings. The topological polar surface area (TPSA) is 8.24 Å². The fourth-order valence-electron chi connectivity index (χ4n) is 4.82. The van der Waals surface area contributed by atoms with Crippen LogP contribution >= 0.6 is 0 Å². The summed E-state index contributed by atoms with van der Waals surface area (Å²) in [7, 11) is 2.13. The predicted molar refractivity (Wildman–Crippen MR) is 116 cm³/mol. The molecule has 0 radical (unpaired) electrons. The van der Waals surface area contributed by atoms with E-state index in [2.05, 4.69) is 79.8 Å². The molecule has 0 aliphatic heterocycles. The second-order valence-electron chi connectivity index (χ2n) is 8.71. The summed E-state index contributed by atoms with van der Waals surface area (Å²) >= 11 is 0. The molecule has 0 spiro atoms. The molecule has 142 valence electrons. The largest absolute Gasteiger partial charge is 0.310 e. The summed E-state index contributed by atoms with van der Waals surface area (Å²) in [6.45, 7) is 14.3. The van der Waals surface area contributed by atoms with Gasteiger partial charge in [-0.15, -0.1) is 0 Å². The predicted octanol–water partition coefficient (Wildman–Crippen LogP) is 6.03. The molecule has 4 rings (SSSR count). The van der Waals surface area contributed by atoms with Crippen LogP contribution in [-0.4, -0.2) is 5.54 Å². The Morgan fingerprint density at radius 3 is 2.46 bits per heavy atom. The summed E-state index contributed by atoms with van der Waals surface area (Å²) in [5, 5.41) is 2.52. The molecule has 1 fully saturated rings. The van der Waals surface area contributed by atoms with Crippen LogP contribution in [0, 0.1) is 27.3 Å². The van der Waals surface area contributed by atoms with Crippen molar-refractivity contribution in [2.45, 2.75) is 58.4 Å². The highest BCUT2D eigenvalue weighted by molar-refractivity contribution is 5.85. The third kappa shape index (κ3) is 3.31. The molecule has 0 saturated heterocycles. The van der Waals surface area contributed by atoms with Gasteiger partial charge in [0.2, 0.25) is 11.2 Å². The van der Waals surface area contributed by atoms with Gasteiger partial charge in [-0.1, -0.05) is 23.8 Å². The van der Waals surface area contributed by atoms with Gasteiger partial charge in [-0.25, -0.2) is 11.1 Å². The molecule has 1 aromatic heterocycles. The Hall–Kier alpha value is -2.66. The normalized spacial score (nSPS) is 15.7. The SMILES string of the molecule is [C-]#[N+]C1(Cc2ccc3c[n+](C)c(-c4cc(C)cc(C)c4C)cc3c2)CCCC1. The van der Waals surface area contributed by atoms with Crippen LogP contribution < -0.4 is 4.57 Å². The van der Waals surface area contributed by atoms with Gasteiger partial charge in [0.15, 0.2) is 6.20 Å². The monoisotopic (exact) mass is 369 g/mol. The van der Waals surface area contributed by atoms with Gasteiger partial charge in [-0.3, -0.25) is 0 Å². The number of hydrogen-bond donors (Lipinski definition) is 0. The maximum Gasteiger partial charge on any atom is 0.236 e. The smallest absolute Gasteiger partial charge is 0.236 e. The average Bonchev–Trinajstić information content (AvgIpc) is 3.13. The first-order valence-corrected chi connectivity index (χ1v) is 10.3. The first-order valence-electron chi connectivity index (χ1n) is 10.3. The lowest BCUT2D eigenvalue weighted by Gasteiger charge is -2.16. The van der Waals surface area contributed by atoms with E-state index in [1.54, 1.807) is 0 Å². The summed E-state index contributed by atoms with van der Waals surface area (Å²) in [5.41, 5.74) is 7.66. The maximum absolute atomic E-state index is 7.72. The zero-order valence-corrected chi connectivity index (χ0v) is 17.5. The second kappa shape index (κ2) is 7.06. The van der Waals surface area contributed by atoms with Crippen molar-refractivity contribution in [3.05, 3.63) is 76.3 Å². The minimum Gasteiger partial charge on any atom is -0.310 e. The minimum absolute atomic E-state index is 0.166. The van der Waals surface area contributed by atoms with E-state index in [1.165, 1.54) is 57.1 Å². The number of benzene rings is 2. The van der Waals surface area contributed by atoms with Crippen LogP contribution in [0.5, 0.6) is 0 Å².